The van der Waals surface area contributed by atoms with Crippen molar-refractivity contribution in [2.75, 3.05) is 18.9 Å². The number of amides is 2. The second kappa shape index (κ2) is 6.01. The van der Waals surface area contributed by atoms with Crippen LogP contribution >= 0.6 is 0 Å². The van der Waals surface area contributed by atoms with Gasteiger partial charge in [-0.15, -0.1) is 0 Å². The summed E-state index contributed by atoms with van der Waals surface area (Å²) in [4.78, 5) is 24.6. The highest BCUT2D eigenvalue weighted by Crippen LogP contribution is 2.28. The van der Waals surface area contributed by atoms with Crippen LogP contribution in [0.15, 0.2) is 18.2 Å². The fourth-order valence-electron chi connectivity index (χ4n) is 2.35. The molecule has 21 heavy (non-hydrogen) atoms. The number of aliphatic hydroxyl groups is 1. The van der Waals surface area contributed by atoms with Gasteiger partial charge in [-0.25, -0.2) is 9.59 Å². The molecule has 7 heteroatoms. The number of anilines is 1. The van der Waals surface area contributed by atoms with Gasteiger partial charge in [0.1, 0.15) is 5.75 Å². The van der Waals surface area contributed by atoms with E-state index in [0.29, 0.717) is 19.4 Å². The van der Waals surface area contributed by atoms with Gasteiger partial charge in [0.15, 0.2) is 0 Å². The Morgan fingerprint density at radius 1 is 1.38 bits per heavy atom. The van der Waals surface area contributed by atoms with Crippen molar-refractivity contribution in [3.63, 3.8) is 0 Å². The van der Waals surface area contributed by atoms with Crippen molar-refractivity contribution < 1.29 is 24.9 Å². The lowest BCUT2D eigenvalue weighted by Crippen LogP contribution is -2.41. The minimum absolute atomic E-state index is 0.130. The van der Waals surface area contributed by atoms with Crippen molar-refractivity contribution in [1.82, 2.24) is 4.90 Å². The average molecular weight is 294 g/mol. The lowest BCUT2D eigenvalue weighted by atomic mass is 9.82. The smallest absolute Gasteiger partial charge is 0.337 e. The number of urea groups is 1. The molecule has 114 valence electrons. The third kappa shape index (κ3) is 3.63. The number of aromatic carboxylic acids is 1. The van der Waals surface area contributed by atoms with Crippen LogP contribution < -0.4 is 5.32 Å². The molecule has 0 heterocycles. The van der Waals surface area contributed by atoms with Crippen molar-refractivity contribution in [3.05, 3.63) is 23.8 Å². The molecule has 1 fully saturated rings. The number of phenols is 1. The number of benzene rings is 1. The predicted octanol–water partition coefficient (Wildman–Crippen LogP) is 1.33. The number of phenolic OH excluding ortho intramolecular Hbond substituents is 1. The number of aliphatic hydroxyl groups excluding tert-OH is 1. The Bertz CT molecular complexity index is 554. The molecule has 7 nitrogen and oxygen atoms in total. The van der Waals surface area contributed by atoms with E-state index in [-0.39, 0.29) is 29.0 Å². The minimum atomic E-state index is -1.23. The number of carbonyl (C=O) groups excluding carboxylic acids is 1. The lowest BCUT2D eigenvalue weighted by molar-refractivity contribution is 0.0332. The molecule has 0 aliphatic heterocycles. The second-order valence-corrected chi connectivity index (χ2v) is 5.34. The van der Waals surface area contributed by atoms with Crippen LogP contribution in [0.3, 0.4) is 0 Å². The van der Waals surface area contributed by atoms with Gasteiger partial charge in [0.05, 0.1) is 17.4 Å². The molecular formula is C14H18N2O5. The molecule has 1 saturated carbocycles. The molecule has 0 bridgehead atoms. The second-order valence-electron chi connectivity index (χ2n) is 5.34. The fraction of sp³-hybridized carbons (Fsp3) is 0.429. The molecule has 2 rings (SSSR count). The maximum Gasteiger partial charge on any atom is 0.337 e. The van der Waals surface area contributed by atoms with Crippen molar-refractivity contribution in [2.24, 2.45) is 5.92 Å². The number of nitrogens with one attached hydrogen (secondary N) is 1. The van der Waals surface area contributed by atoms with E-state index < -0.39 is 12.0 Å². The van der Waals surface area contributed by atoms with Crippen molar-refractivity contribution >= 4 is 17.7 Å². The van der Waals surface area contributed by atoms with Crippen molar-refractivity contribution in [2.45, 2.75) is 18.9 Å². The molecule has 0 radical (unpaired) electrons. The van der Waals surface area contributed by atoms with E-state index in [1.807, 2.05) is 0 Å². The van der Waals surface area contributed by atoms with Crippen LogP contribution in [0.4, 0.5) is 10.5 Å². The van der Waals surface area contributed by atoms with Gasteiger partial charge in [0, 0.05) is 13.6 Å². The Morgan fingerprint density at radius 2 is 2.05 bits per heavy atom. The molecule has 1 aromatic rings. The summed E-state index contributed by atoms with van der Waals surface area (Å²) >= 11 is 0. The number of hydrogen-bond acceptors (Lipinski definition) is 4. The molecule has 1 aromatic carbocycles. The maximum absolute atomic E-state index is 12.0. The minimum Gasteiger partial charge on any atom is -0.508 e. The zero-order chi connectivity index (χ0) is 15.6. The molecule has 0 aromatic heterocycles. The normalized spacial score (nSPS) is 20.5. The third-order valence-corrected chi connectivity index (χ3v) is 3.56. The quantitative estimate of drug-likeness (QED) is 0.626. The molecule has 0 unspecified atom stereocenters. The topological polar surface area (TPSA) is 110 Å². The number of carboxylic acids is 1. The molecule has 0 saturated heterocycles. The summed E-state index contributed by atoms with van der Waals surface area (Å²) in [6, 6.07) is 3.31. The highest BCUT2D eigenvalue weighted by Gasteiger charge is 2.29. The number of rotatable bonds is 4. The van der Waals surface area contributed by atoms with Gasteiger partial charge < -0.3 is 25.5 Å². The van der Waals surface area contributed by atoms with Gasteiger partial charge in [-0.05, 0) is 37.0 Å². The summed E-state index contributed by atoms with van der Waals surface area (Å²) in [5.41, 5.74) is -0.0402. The van der Waals surface area contributed by atoms with Gasteiger partial charge in [-0.1, -0.05) is 0 Å². The molecule has 4 N–H and O–H groups in total. The van der Waals surface area contributed by atoms with Gasteiger partial charge in [0.25, 0.3) is 0 Å². The van der Waals surface area contributed by atoms with Gasteiger partial charge in [-0.3, -0.25) is 0 Å². The zero-order valence-electron chi connectivity index (χ0n) is 11.6. The van der Waals surface area contributed by atoms with E-state index in [1.165, 1.54) is 17.0 Å². The van der Waals surface area contributed by atoms with Gasteiger partial charge >= 0.3 is 12.0 Å². The third-order valence-electron chi connectivity index (χ3n) is 3.56. The first-order chi connectivity index (χ1) is 9.86. The standard InChI is InChI=1S/C14H18N2O5/c1-16(7-8-4-10(18)5-8)14(21)15-12-3-2-9(17)6-11(12)13(19)20/h2-3,6,8,10,17-18H,4-5,7H2,1H3,(H,15,21)(H,19,20). The number of aromatic hydroxyl groups is 1. The molecule has 1 aliphatic rings. The highest BCUT2D eigenvalue weighted by atomic mass is 16.4. The van der Waals surface area contributed by atoms with Gasteiger partial charge in [0.2, 0.25) is 0 Å². The van der Waals surface area contributed by atoms with Gasteiger partial charge in [-0.2, -0.15) is 0 Å². The van der Waals surface area contributed by atoms with E-state index in [0.717, 1.165) is 6.07 Å². The summed E-state index contributed by atoms with van der Waals surface area (Å²) in [6.07, 6.45) is 1.08. The number of nitrogens with zero attached hydrogens (tertiary/aromatic N) is 1. The zero-order valence-corrected chi connectivity index (χ0v) is 11.6. The van der Waals surface area contributed by atoms with Crippen LogP contribution in [-0.4, -0.2) is 51.9 Å². The first-order valence-electron chi connectivity index (χ1n) is 6.63. The SMILES string of the molecule is CN(CC1CC(O)C1)C(=O)Nc1ccc(O)cc1C(=O)O. The largest absolute Gasteiger partial charge is 0.508 e. The van der Waals surface area contributed by atoms with Crippen LogP contribution in [0.5, 0.6) is 5.75 Å². The average Bonchev–Trinajstić information content (AvgIpc) is 2.38. The lowest BCUT2D eigenvalue weighted by Gasteiger charge is -2.34. The van der Waals surface area contributed by atoms with Crippen LogP contribution in [0.2, 0.25) is 0 Å². The number of carbonyl (C=O) groups is 2. The van der Waals surface area contributed by atoms with Crippen LogP contribution in [-0.2, 0) is 0 Å². The van der Waals surface area contributed by atoms with Crippen molar-refractivity contribution in [1.29, 1.82) is 0 Å². The first kappa shape index (κ1) is 15.1. The Kier molecular flexibility index (Phi) is 4.32. The summed E-state index contributed by atoms with van der Waals surface area (Å²) in [7, 11) is 1.61. The summed E-state index contributed by atoms with van der Waals surface area (Å²) in [6.45, 7) is 0.503. The maximum atomic E-state index is 12.0. The summed E-state index contributed by atoms with van der Waals surface area (Å²) in [5.74, 6) is -1.14. The Balaban J connectivity index is 2.00. The van der Waals surface area contributed by atoms with E-state index in [2.05, 4.69) is 5.32 Å². The summed E-state index contributed by atoms with van der Waals surface area (Å²) < 4.78 is 0. The molecule has 2 amide bonds. The van der Waals surface area contributed by atoms with E-state index in [4.69, 9.17) is 5.11 Å². The Hall–Kier alpha value is -2.28. The van der Waals surface area contributed by atoms with Crippen LogP contribution in [0.25, 0.3) is 0 Å². The fourth-order valence-corrected chi connectivity index (χ4v) is 2.35. The van der Waals surface area contributed by atoms with Crippen LogP contribution in [0, 0.1) is 5.92 Å². The molecule has 0 spiro atoms. The van der Waals surface area contributed by atoms with Crippen molar-refractivity contribution in [3.8, 4) is 5.75 Å². The first-order valence-corrected chi connectivity index (χ1v) is 6.63. The van der Waals surface area contributed by atoms with E-state index in [9.17, 15) is 19.8 Å². The Morgan fingerprint density at radius 3 is 2.62 bits per heavy atom. The highest BCUT2D eigenvalue weighted by molar-refractivity contribution is 6.00. The number of carboxylic acid groups (broad SMARTS) is 1. The Labute approximate surface area is 121 Å². The molecule has 0 atom stereocenters. The van der Waals surface area contributed by atoms with E-state index >= 15 is 0 Å². The predicted molar refractivity (Wildman–Crippen MR) is 75.4 cm³/mol. The van der Waals surface area contributed by atoms with E-state index in [1.54, 1.807) is 7.05 Å². The molecule has 1 aliphatic carbocycles. The summed E-state index contributed by atoms with van der Waals surface area (Å²) in [5, 5.41) is 30.1. The van der Waals surface area contributed by atoms with Crippen LogP contribution in [0.1, 0.15) is 23.2 Å². The molecular weight excluding hydrogens is 276 g/mol. The monoisotopic (exact) mass is 294 g/mol. The number of hydrogen-bond donors (Lipinski definition) is 4.